The Labute approximate surface area is 135 Å². The van der Waals surface area contributed by atoms with Crippen molar-refractivity contribution >= 4 is 37.6 Å². The SMILES string of the molecule is COC(=O)/C(=C(/Br)c1ccccc1)c1ccc([N+](=O)[O-])cc1. The van der Waals surface area contributed by atoms with Gasteiger partial charge in [0.15, 0.2) is 0 Å². The second-order valence-corrected chi connectivity index (χ2v) is 5.14. The number of benzene rings is 2. The zero-order valence-electron chi connectivity index (χ0n) is 11.7. The van der Waals surface area contributed by atoms with Crippen LogP contribution in [0.2, 0.25) is 0 Å². The Kier molecular flexibility index (Phi) is 5.06. The van der Waals surface area contributed by atoms with E-state index in [-0.39, 0.29) is 5.69 Å². The highest BCUT2D eigenvalue weighted by molar-refractivity contribution is 9.15. The van der Waals surface area contributed by atoms with Crippen LogP contribution in [-0.2, 0) is 9.53 Å². The monoisotopic (exact) mass is 361 g/mol. The van der Waals surface area contributed by atoms with Crippen LogP contribution in [0.1, 0.15) is 11.1 Å². The molecule has 2 rings (SSSR count). The summed E-state index contributed by atoms with van der Waals surface area (Å²) in [7, 11) is 1.29. The van der Waals surface area contributed by atoms with Gasteiger partial charge in [0.2, 0.25) is 0 Å². The number of hydrogen-bond donors (Lipinski definition) is 0. The van der Waals surface area contributed by atoms with Gasteiger partial charge < -0.3 is 4.74 Å². The molecule has 6 heteroatoms. The Morgan fingerprint density at radius 1 is 1.05 bits per heavy atom. The zero-order chi connectivity index (χ0) is 16.1. The summed E-state index contributed by atoms with van der Waals surface area (Å²) in [6.07, 6.45) is 0. The van der Waals surface area contributed by atoms with Crippen LogP contribution in [0.4, 0.5) is 5.69 Å². The van der Waals surface area contributed by atoms with E-state index >= 15 is 0 Å². The molecule has 5 nitrogen and oxygen atoms in total. The van der Waals surface area contributed by atoms with E-state index in [2.05, 4.69) is 15.9 Å². The third-order valence-electron chi connectivity index (χ3n) is 3.00. The van der Waals surface area contributed by atoms with Gasteiger partial charge in [0.25, 0.3) is 5.69 Å². The van der Waals surface area contributed by atoms with Gasteiger partial charge in [-0.1, -0.05) is 30.3 Å². The normalized spacial score (nSPS) is 11.5. The Morgan fingerprint density at radius 3 is 2.14 bits per heavy atom. The van der Waals surface area contributed by atoms with Gasteiger partial charge in [-0.2, -0.15) is 0 Å². The van der Waals surface area contributed by atoms with Crippen LogP contribution in [0.5, 0.6) is 0 Å². The van der Waals surface area contributed by atoms with Crippen molar-refractivity contribution in [2.45, 2.75) is 0 Å². The van der Waals surface area contributed by atoms with Crippen LogP contribution in [0.3, 0.4) is 0 Å². The lowest BCUT2D eigenvalue weighted by molar-refractivity contribution is -0.384. The van der Waals surface area contributed by atoms with E-state index in [1.807, 2.05) is 30.3 Å². The Hall–Kier alpha value is -2.47. The maximum absolute atomic E-state index is 12.1. The molecule has 22 heavy (non-hydrogen) atoms. The summed E-state index contributed by atoms with van der Waals surface area (Å²) < 4.78 is 5.39. The molecule has 0 atom stereocenters. The van der Waals surface area contributed by atoms with Crippen molar-refractivity contribution in [2.24, 2.45) is 0 Å². The molecule has 0 N–H and O–H groups in total. The molecule has 0 amide bonds. The summed E-state index contributed by atoms with van der Waals surface area (Å²) in [4.78, 5) is 22.3. The summed E-state index contributed by atoms with van der Waals surface area (Å²) in [5.41, 5.74) is 1.61. The van der Waals surface area contributed by atoms with Crippen LogP contribution in [0, 0.1) is 10.1 Å². The van der Waals surface area contributed by atoms with Crippen molar-refractivity contribution in [1.29, 1.82) is 0 Å². The standard InChI is InChI=1S/C16H12BrNO4/c1-22-16(19)14(15(17)12-5-3-2-4-6-12)11-7-9-13(10-8-11)18(20)21/h2-10H,1H3/b15-14+. The van der Waals surface area contributed by atoms with E-state index in [1.54, 1.807) is 0 Å². The highest BCUT2D eigenvalue weighted by atomic mass is 79.9. The molecule has 0 spiro atoms. The van der Waals surface area contributed by atoms with E-state index < -0.39 is 10.9 Å². The van der Waals surface area contributed by atoms with Crippen molar-refractivity contribution in [3.63, 3.8) is 0 Å². The van der Waals surface area contributed by atoms with Gasteiger partial charge in [0.1, 0.15) is 0 Å². The minimum atomic E-state index is -0.524. The molecule has 0 aromatic heterocycles. The largest absolute Gasteiger partial charge is 0.465 e. The van der Waals surface area contributed by atoms with Crippen LogP contribution in [-0.4, -0.2) is 18.0 Å². The fraction of sp³-hybridized carbons (Fsp3) is 0.0625. The summed E-state index contributed by atoms with van der Waals surface area (Å²) >= 11 is 3.42. The van der Waals surface area contributed by atoms with Crippen molar-refractivity contribution in [1.82, 2.24) is 0 Å². The third kappa shape index (κ3) is 3.40. The summed E-state index contributed by atoms with van der Waals surface area (Å²) in [5.74, 6) is -0.524. The van der Waals surface area contributed by atoms with E-state index in [4.69, 9.17) is 4.74 Å². The van der Waals surface area contributed by atoms with Crippen molar-refractivity contribution in [2.75, 3.05) is 7.11 Å². The molecule has 0 fully saturated rings. The van der Waals surface area contributed by atoms with Gasteiger partial charge in [0.05, 0.1) is 17.6 Å². The molecular weight excluding hydrogens is 350 g/mol. The van der Waals surface area contributed by atoms with E-state index in [1.165, 1.54) is 31.4 Å². The molecule has 112 valence electrons. The van der Waals surface area contributed by atoms with Crippen LogP contribution in [0.25, 0.3) is 10.1 Å². The van der Waals surface area contributed by atoms with Crippen LogP contribution in [0.15, 0.2) is 54.6 Å². The summed E-state index contributed by atoms with van der Waals surface area (Å²) in [5, 5.41) is 10.7. The lowest BCUT2D eigenvalue weighted by atomic mass is 10.0. The van der Waals surface area contributed by atoms with Crippen molar-refractivity contribution in [3.8, 4) is 0 Å². The van der Waals surface area contributed by atoms with Gasteiger partial charge in [-0.3, -0.25) is 10.1 Å². The number of rotatable bonds is 4. The van der Waals surface area contributed by atoms with Gasteiger partial charge in [-0.05, 0) is 39.2 Å². The maximum atomic E-state index is 12.1. The average molecular weight is 362 g/mol. The number of carbonyl (C=O) groups excluding carboxylic acids is 1. The zero-order valence-corrected chi connectivity index (χ0v) is 13.2. The second-order valence-electron chi connectivity index (χ2n) is 4.35. The van der Waals surface area contributed by atoms with Crippen LogP contribution < -0.4 is 0 Å². The lowest BCUT2D eigenvalue weighted by Gasteiger charge is -2.10. The molecule has 0 radical (unpaired) electrons. The molecule has 0 saturated heterocycles. The fourth-order valence-corrected chi connectivity index (χ4v) is 2.57. The fourth-order valence-electron chi connectivity index (χ4n) is 1.91. The molecule has 0 heterocycles. The van der Waals surface area contributed by atoms with Crippen molar-refractivity contribution < 1.29 is 14.5 Å². The first kappa shape index (κ1) is 15.9. The number of nitro groups is 1. The van der Waals surface area contributed by atoms with Gasteiger partial charge >= 0.3 is 5.97 Å². The number of carbonyl (C=O) groups is 1. The highest BCUT2D eigenvalue weighted by Gasteiger charge is 2.19. The number of nitro benzene ring substituents is 1. The number of ether oxygens (including phenoxy) is 1. The topological polar surface area (TPSA) is 69.4 Å². The van der Waals surface area contributed by atoms with E-state index in [0.29, 0.717) is 15.6 Å². The Morgan fingerprint density at radius 2 is 1.64 bits per heavy atom. The third-order valence-corrected chi connectivity index (χ3v) is 3.86. The lowest BCUT2D eigenvalue weighted by Crippen LogP contribution is -2.05. The molecule has 0 aliphatic carbocycles. The predicted molar refractivity (Wildman–Crippen MR) is 87.3 cm³/mol. The maximum Gasteiger partial charge on any atom is 0.339 e. The number of non-ortho nitro benzene ring substituents is 1. The second kappa shape index (κ2) is 7.00. The van der Waals surface area contributed by atoms with E-state index in [0.717, 1.165) is 5.56 Å². The minimum Gasteiger partial charge on any atom is -0.465 e. The van der Waals surface area contributed by atoms with Gasteiger partial charge in [-0.25, -0.2) is 4.79 Å². The number of nitrogens with zero attached hydrogens (tertiary/aromatic N) is 1. The molecule has 2 aromatic rings. The first-order chi connectivity index (χ1) is 10.5. The van der Waals surface area contributed by atoms with E-state index in [9.17, 15) is 14.9 Å². The molecule has 2 aromatic carbocycles. The summed E-state index contributed by atoms with van der Waals surface area (Å²) in [6, 6.07) is 15.0. The first-order valence-corrected chi connectivity index (χ1v) is 7.12. The Balaban J connectivity index is 2.56. The summed E-state index contributed by atoms with van der Waals surface area (Å²) in [6.45, 7) is 0. The minimum absolute atomic E-state index is 0.0381. The highest BCUT2D eigenvalue weighted by Crippen LogP contribution is 2.32. The molecule has 0 bridgehead atoms. The number of esters is 1. The van der Waals surface area contributed by atoms with Gasteiger partial charge in [0, 0.05) is 16.6 Å². The predicted octanol–water partition coefficient (Wildman–Crippen LogP) is 4.03. The van der Waals surface area contributed by atoms with Gasteiger partial charge in [-0.15, -0.1) is 0 Å². The molecule has 0 aliphatic rings. The quantitative estimate of drug-likeness (QED) is 0.271. The van der Waals surface area contributed by atoms with Crippen LogP contribution >= 0.6 is 15.9 Å². The average Bonchev–Trinajstić information content (AvgIpc) is 2.56. The molecule has 0 unspecified atom stereocenters. The number of halogens is 1. The smallest absolute Gasteiger partial charge is 0.339 e. The molecule has 0 saturated carbocycles. The first-order valence-electron chi connectivity index (χ1n) is 6.33. The molecular formula is C16H12BrNO4. The Bertz CT molecular complexity index is 724. The molecule has 0 aliphatic heterocycles. The van der Waals surface area contributed by atoms with Crippen molar-refractivity contribution in [3.05, 3.63) is 75.8 Å². The number of hydrogen-bond acceptors (Lipinski definition) is 4. The number of methoxy groups -OCH3 is 1.